The molecule has 1 amide bonds. The Hall–Kier alpha value is -2.73. The van der Waals surface area contributed by atoms with Crippen molar-refractivity contribution in [2.75, 3.05) is 5.75 Å². The molecular formula is C25H26BrN3O5S2. The number of halogens is 1. The van der Waals surface area contributed by atoms with Crippen molar-refractivity contribution in [2.24, 2.45) is 0 Å². The molecule has 0 bridgehead atoms. The van der Waals surface area contributed by atoms with Gasteiger partial charge in [-0.1, -0.05) is 60.0 Å². The van der Waals surface area contributed by atoms with Crippen LogP contribution in [0.15, 0.2) is 87.3 Å². The van der Waals surface area contributed by atoms with Gasteiger partial charge in [-0.2, -0.15) is 0 Å². The monoisotopic (exact) mass is 591 g/mol. The second-order valence-electron chi connectivity index (χ2n) is 7.86. The van der Waals surface area contributed by atoms with Gasteiger partial charge in [0.25, 0.3) is 10.0 Å². The summed E-state index contributed by atoms with van der Waals surface area (Å²) in [6.45, 7) is 1.89. The lowest BCUT2D eigenvalue weighted by molar-refractivity contribution is -0.151. The Balaban J connectivity index is 1.84. The number of amides is 1. The van der Waals surface area contributed by atoms with Crippen LogP contribution in [0.4, 0.5) is 0 Å². The van der Waals surface area contributed by atoms with Crippen LogP contribution in [-0.4, -0.2) is 47.2 Å². The zero-order valence-corrected chi connectivity index (χ0v) is 22.7. The maximum atomic E-state index is 13.2. The molecule has 0 radical (unpaired) electrons. The number of aliphatic carboxylic acids is 1. The summed E-state index contributed by atoms with van der Waals surface area (Å²) in [5, 5.41) is 10.5. The van der Waals surface area contributed by atoms with Crippen molar-refractivity contribution in [1.82, 2.24) is 14.8 Å². The van der Waals surface area contributed by atoms with Crippen LogP contribution < -0.4 is 4.83 Å². The minimum atomic E-state index is -4.23. The fraction of sp³-hybridized carbons (Fsp3) is 0.240. The highest BCUT2D eigenvalue weighted by Gasteiger charge is 2.33. The van der Waals surface area contributed by atoms with Gasteiger partial charge in [0.2, 0.25) is 5.91 Å². The Morgan fingerprint density at radius 3 is 2.17 bits per heavy atom. The number of unbranched alkanes of at least 4 members (excludes halogenated alkanes) is 1. The van der Waals surface area contributed by atoms with Gasteiger partial charge in [0.05, 0.1) is 10.6 Å². The third-order valence-electron chi connectivity index (χ3n) is 5.27. The quantitative estimate of drug-likeness (QED) is 0.225. The van der Waals surface area contributed by atoms with Gasteiger partial charge in [-0.05, 0) is 53.9 Å². The zero-order valence-electron chi connectivity index (χ0n) is 19.5. The second-order valence-corrected chi connectivity index (χ2v) is 11.5. The summed E-state index contributed by atoms with van der Waals surface area (Å²) in [5.74, 6) is -2.08. The lowest BCUT2D eigenvalue weighted by Crippen LogP contribution is -2.55. The number of sulfonamides is 1. The number of thioether (sulfide) groups is 1. The number of pyridine rings is 1. The van der Waals surface area contributed by atoms with Crippen molar-refractivity contribution in [3.63, 3.8) is 0 Å². The normalized spacial score (nSPS) is 12.2. The molecule has 0 spiro atoms. The molecule has 0 aliphatic heterocycles. The van der Waals surface area contributed by atoms with Gasteiger partial charge in [-0.3, -0.25) is 9.78 Å². The summed E-state index contributed by atoms with van der Waals surface area (Å²) in [6.07, 6.45) is 4.48. The molecule has 0 saturated carbocycles. The summed E-state index contributed by atoms with van der Waals surface area (Å²) < 4.78 is 27.3. The van der Waals surface area contributed by atoms with E-state index in [9.17, 15) is 23.1 Å². The number of rotatable bonds is 12. The fourth-order valence-corrected chi connectivity index (χ4v) is 5.44. The minimum absolute atomic E-state index is 0.0809. The molecule has 2 aromatic carbocycles. The van der Waals surface area contributed by atoms with E-state index in [0.717, 1.165) is 25.5 Å². The van der Waals surface area contributed by atoms with E-state index in [1.165, 1.54) is 23.9 Å². The van der Waals surface area contributed by atoms with E-state index in [2.05, 4.69) is 25.7 Å². The van der Waals surface area contributed by atoms with Crippen molar-refractivity contribution in [3.05, 3.63) is 77.5 Å². The molecule has 1 heterocycles. The lowest BCUT2D eigenvalue weighted by Gasteiger charge is -2.29. The average Bonchev–Trinajstić information content (AvgIpc) is 2.87. The molecule has 190 valence electrons. The zero-order chi connectivity index (χ0) is 26.1. The highest BCUT2D eigenvalue weighted by Crippen LogP contribution is 2.24. The summed E-state index contributed by atoms with van der Waals surface area (Å²) in [4.78, 5) is 32.0. The molecule has 11 heteroatoms. The Bertz CT molecular complexity index is 1270. The predicted octanol–water partition coefficient (Wildman–Crippen LogP) is 4.97. The molecule has 3 rings (SSSR count). The first-order valence-corrected chi connectivity index (χ1v) is 14.4. The maximum absolute atomic E-state index is 13.2. The first-order chi connectivity index (χ1) is 17.2. The minimum Gasteiger partial charge on any atom is -0.480 e. The summed E-state index contributed by atoms with van der Waals surface area (Å²) in [5.41, 5.74) is 1.72. The molecule has 0 saturated heterocycles. The molecule has 0 aliphatic carbocycles. The summed E-state index contributed by atoms with van der Waals surface area (Å²) >= 11 is 4.56. The number of hydrazine groups is 1. The van der Waals surface area contributed by atoms with E-state index in [-0.39, 0.29) is 17.1 Å². The molecule has 3 aromatic rings. The number of carbonyl (C=O) groups is 2. The summed E-state index contributed by atoms with van der Waals surface area (Å²) in [7, 11) is -4.23. The van der Waals surface area contributed by atoms with Crippen molar-refractivity contribution >= 4 is 49.6 Å². The molecule has 0 aliphatic rings. The number of carbonyl (C=O) groups excluding carboxylic acids is 1. The molecule has 0 fully saturated rings. The first-order valence-electron chi connectivity index (χ1n) is 11.2. The van der Waals surface area contributed by atoms with Crippen molar-refractivity contribution in [3.8, 4) is 11.1 Å². The molecule has 1 atom stereocenters. The van der Waals surface area contributed by atoms with Crippen LogP contribution in [0.25, 0.3) is 11.1 Å². The smallest absolute Gasteiger partial charge is 0.328 e. The van der Waals surface area contributed by atoms with Crippen LogP contribution in [-0.2, 0) is 19.6 Å². The van der Waals surface area contributed by atoms with Gasteiger partial charge in [0, 0.05) is 21.8 Å². The summed E-state index contributed by atoms with van der Waals surface area (Å²) in [6, 6.07) is 15.8. The molecular weight excluding hydrogens is 566 g/mol. The van der Waals surface area contributed by atoms with E-state index in [0.29, 0.717) is 12.8 Å². The number of benzene rings is 2. The average molecular weight is 593 g/mol. The molecule has 2 N–H and O–H groups in total. The van der Waals surface area contributed by atoms with Gasteiger partial charge >= 0.3 is 5.97 Å². The Morgan fingerprint density at radius 1 is 1.03 bits per heavy atom. The van der Waals surface area contributed by atoms with Gasteiger partial charge in [-0.25, -0.2) is 18.2 Å². The van der Waals surface area contributed by atoms with E-state index >= 15 is 0 Å². The second kappa shape index (κ2) is 13.0. The fourth-order valence-electron chi connectivity index (χ4n) is 3.35. The van der Waals surface area contributed by atoms with E-state index in [1.807, 2.05) is 31.2 Å². The van der Waals surface area contributed by atoms with Crippen LogP contribution >= 0.6 is 27.7 Å². The molecule has 8 nitrogen and oxygen atoms in total. The Kier molecular flexibility index (Phi) is 10.1. The number of aromatic nitrogens is 1. The van der Waals surface area contributed by atoms with Gasteiger partial charge < -0.3 is 5.11 Å². The number of nitrogens with zero attached hydrogens (tertiary/aromatic N) is 2. The Labute approximate surface area is 223 Å². The third kappa shape index (κ3) is 7.63. The van der Waals surface area contributed by atoms with Crippen molar-refractivity contribution in [2.45, 2.75) is 42.0 Å². The number of carboxylic acids is 1. The van der Waals surface area contributed by atoms with Crippen molar-refractivity contribution < 1.29 is 23.1 Å². The van der Waals surface area contributed by atoms with Gasteiger partial charge in [0.15, 0.2) is 0 Å². The van der Waals surface area contributed by atoms with Crippen LogP contribution in [0.3, 0.4) is 0 Å². The van der Waals surface area contributed by atoms with E-state index in [4.69, 9.17) is 0 Å². The van der Waals surface area contributed by atoms with Crippen molar-refractivity contribution in [1.29, 1.82) is 0 Å². The third-order valence-corrected chi connectivity index (χ3v) is 8.12. The number of hydrogen-bond acceptors (Lipinski definition) is 6. The van der Waals surface area contributed by atoms with E-state index in [1.54, 1.807) is 36.7 Å². The standard InChI is InChI=1S/C25H26BrN3O5S2/c1-2-3-4-23(25(31)32)29(24(30)17-35-21-13-15-27-16-14-21)28-36(33,34)22-11-7-19(8-12-22)18-5-9-20(26)10-6-18/h5-16,23,28H,2-4,17H2,1H3,(H,31,32). The highest BCUT2D eigenvalue weighted by atomic mass is 79.9. The largest absolute Gasteiger partial charge is 0.480 e. The highest BCUT2D eigenvalue weighted by molar-refractivity contribution is 9.10. The maximum Gasteiger partial charge on any atom is 0.328 e. The SMILES string of the molecule is CCCCC(C(=O)O)N(NS(=O)(=O)c1ccc(-c2ccc(Br)cc2)cc1)C(=O)CSc1ccncc1. The van der Waals surface area contributed by atoms with Gasteiger partial charge in [-0.15, -0.1) is 16.6 Å². The number of hydrogen-bond donors (Lipinski definition) is 2. The number of carboxylic acid groups (broad SMARTS) is 1. The lowest BCUT2D eigenvalue weighted by atomic mass is 10.1. The Morgan fingerprint density at radius 2 is 1.61 bits per heavy atom. The van der Waals surface area contributed by atoms with Crippen LogP contribution in [0.1, 0.15) is 26.2 Å². The molecule has 1 unspecified atom stereocenters. The predicted molar refractivity (Wildman–Crippen MR) is 143 cm³/mol. The topological polar surface area (TPSA) is 117 Å². The first kappa shape index (κ1) is 27.9. The van der Waals surface area contributed by atoms with Crippen LogP contribution in [0.5, 0.6) is 0 Å². The number of nitrogens with one attached hydrogen (secondary N) is 1. The molecule has 36 heavy (non-hydrogen) atoms. The van der Waals surface area contributed by atoms with Crippen LogP contribution in [0.2, 0.25) is 0 Å². The van der Waals surface area contributed by atoms with Crippen LogP contribution in [0, 0.1) is 0 Å². The van der Waals surface area contributed by atoms with Gasteiger partial charge in [0.1, 0.15) is 6.04 Å². The molecule has 1 aromatic heterocycles. The van der Waals surface area contributed by atoms with E-state index < -0.39 is 27.9 Å².